The van der Waals surface area contributed by atoms with Gasteiger partial charge in [-0.25, -0.2) is 15.0 Å². The third-order valence-corrected chi connectivity index (χ3v) is 3.91. The fraction of sp³-hybridized carbons (Fsp3) is 0.105. The van der Waals surface area contributed by atoms with Crippen LogP contribution >= 0.6 is 11.6 Å². The topological polar surface area (TPSA) is 86.2 Å². The van der Waals surface area contributed by atoms with Crippen molar-refractivity contribution in [3.05, 3.63) is 76.3 Å². The van der Waals surface area contributed by atoms with Gasteiger partial charge in [0.1, 0.15) is 5.65 Å². The van der Waals surface area contributed by atoms with Crippen LogP contribution in [0.3, 0.4) is 0 Å². The van der Waals surface area contributed by atoms with E-state index in [9.17, 15) is 10.1 Å². The van der Waals surface area contributed by atoms with Gasteiger partial charge < -0.3 is 0 Å². The molecular weight excluding hydrogens is 366 g/mol. The lowest BCUT2D eigenvalue weighted by molar-refractivity contribution is -0.384. The normalized spacial score (nSPS) is 10.3. The first-order chi connectivity index (χ1) is 13.1. The second-order valence-corrected chi connectivity index (χ2v) is 5.59. The van der Waals surface area contributed by atoms with E-state index in [1.54, 1.807) is 24.4 Å². The van der Waals surface area contributed by atoms with Crippen LogP contribution in [0.25, 0.3) is 28.3 Å². The van der Waals surface area contributed by atoms with Gasteiger partial charge in [0.15, 0.2) is 0 Å². The van der Waals surface area contributed by atoms with E-state index >= 15 is 0 Å². The highest BCUT2D eigenvalue weighted by Gasteiger charge is 2.19. The molecule has 8 heteroatoms. The third-order valence-electron chi connectivity index (χ3n) is 3.73. The number of pyridine rings is 1. The van der Waals surface area contributed by atoms with Crippen molar-refractivity contribution in [2.24, 2.45) is 0 Å². The van der Waals surface area contributed by atoms with E-state index in [2.05, 4.69) is 15.0 Å². The maximum atomic E-state index is 11.1. The molecule has 0 unspecified atom stereocenters. The summed E-state index contributed by atoms with van der Waals surface area (Å²) in [6.45, 7) is 4.00. The van der Waals surface area contributed by atoms with E-state index in [4.69, 9.17) is 11.6 Å². The summed E-state index contributed by atoms with van der Waals surface area (Å²) in [5.74, 6) is 0. The Balaban J connectivity index is 0.00000102. The van der Waals surface area contributed by atoms with Crippen molar-refractivity contribution in [3.8, 4) is 22.6 Å². The number of imidazole rings is 1. The van der Waals surface area contributed by atoms with Crippen molar-refractivity contribution >= 4 is 22.9 Å². The number of nitro benzene ring substituents is 1. The van der Waals surface area contributed by atoms with Gasteiger partial charge in [-0.1, -0.05) is 32.0 Å². The van der Waals surface area contributed by atoms with Gasteiger partial charge in [0.2, 0.25) is 5.28 Å². The highest BCUT2D eigenvalue weighted by atomic mass is 35.5. The molecule has 0 amide bonds. The molecule has 0 radical (unpaired) electrons. The molecule has 0 saturated carbocycles. The van der Waals surface area contributed by atoms with Gasteiger partial charge in [-0.3, -0.25) is 14.5 Å². The Morgan fingerprint density at radius 2 is 1.89 bits per heavy atom. The zero-order valence-electron chi connectivity index (χ0n) is 14.7. The largest absolute Gasteiger partial charge is 0.298 e. The molecular formula is C19H16ClN5O2. The number of rotatable bonds is 3. The first-order valence-electron chi connectivity index (χ1n) is 8.34. The second-order valence-electron chi connectivity index (χ2n) is 5.26. The number of fused-ring (bicyclic) bond motifs is 1. The van der Waals surface area contributed by atoms with Gasteiger partial charge in [0.25, 0.3) is 5.69 Å². The number of aromatic nitrogens is 4. The monoisotopic (exact) mass is 381 g/mol. The van der Waals surface area contributed by atoms with E-state index in [0.29, 0.717) is 28.3 Å². The summed E-state index contributed by atoms with van der Waals surface area (Å²) in [7, 11) is 0. The van der Waals surface area contributed by atoms with Crippen LogP contribution in [-0.4, -0.2) is 24.3 Å². The van der Waals surface area contributed by atoms with E-state index in [1.807, 2.05) is 42.6 Å². The van der Waals surface area contributed by atoms with Crippen molar-refractivity contribution in [1.29, 1.82) is 0 Å². The lowest BCUT2D eigenvalue weighted by Crippen LogP contribution is -1.94. The Kier molecular flexibility index (Phi) is 5.42. The molecule has 136 valence electrons. The molecule has 1 aromatic carbocycles. The minimum atomic E-state index is -0.430. The summed E-state index contributed by atoms with van der Waals surface area (Å²) in [4.78, 5) is 23.5. The lowest BCUT2D eigenvalue weighted by Gasteiger charge is -2.05. The van der Waals surface area contributed by atoms with Crippen LogP contribution in [-0.2, 0) is 0 Å². The third kappa shape index (κ3) is 3.63. The predicted octanol–water partition coefficient (Wildman–Crippen LogP) is 5.05. The quantitative estimate of drug-likeness (QED) is 0.281. The molecule has 0 N–H and O–H groups in total. The fourth-order valence-electron chi connectivity index (χ4n) is 2.68. The Labute approximate surface area is 160 Å². The van der Waals surface area contributed by atoms with Crippen LogP contribution in [0.4, 0.5) is 5.69 Å². The average molecular weight is 382 g/mol. The molecule has 7 nitrogen and oxygen atoms in total. The summed E-state index contributed by atoms with van der Waals surface area (Å²) in [6, 6.07) is 13.7. The van der Waals surface area contributed by atoms with Gasteiger partial charge in [-0.05, 0) is 29.8 Å². The maximum absolute atomic E-state index is 11.1. The van der Waals surface area contributed by atoms with Crippen molar-refractivity contribution in [2.75, 3.05) is 0 Å². The van der Waals surface area contributed by atoms with E-state index in [-0.39, 0.29) is 11.0 Å². The Hall–Kier alpha value is -3.32. The molecule has 0 aliphatic carbocycles. The van der Waals surface area contributed by atoms with Gasteiger partial charge >= 0.3 is 0 Å². The van der Waals surface area contributed by atoms with Crippen LogP contribution in [0, 0.1) is 10.1 Å². The predicted molar refractivity (Wildman–Crippen MR) is 105 cm³/mol. The van der Waals surface area contributed by atoms with E-state index < -0.39 is 4.92 Å². The number of nitro groups is 1. The van der Waals surface area contributed by atoms with Crippen molar-refractivity contribution in [1.82, 2.24) is 19.4 Å². The Morgan fingerprint density at radius 1 is 1.07 bits per heavy atom. The zero-order chi connectivity index (χ0) is 19.4. The SMILES string of the molecule is CC.O=[N+]([O-])c1cccc(-c2nc3ccccn3c2-c2ccnc(Cl)n2)c1. The number of non-ortho nitro benzene ring substituents is 1. The fourth-order valence-corrected chi connectivity index (χ4v) is 2.82. The first-order valence-corrected chi connectivity index (χ1v) is 8.72. The molecule has 0 atom stereocenters. The highest BCUT2D eigenvalue weighted by Crippen LogP contribution is 2.33. The summed E-state index contributed by atoms with van der Waals surface area (Å²) in [5.41, 5.74) is 3.20. The summed E-state index contributed by atoms with van der Waals surface area (Å²) in [6.07, 6.45) is 3.42. The van der Waals surface area contributed by atoms with Crippen LogP contribution in [0.2, 0.25) is 5.28 Å². The number of hydrogen-bond acceptors (Lipinski definition) is 5. The van der Waals surface area contributed by atoms with Crippen LogP contribution in [0.5, 0.6) is 0 Å². The number of nitrogens with zero attached hydrogens (tertiary/aromatic N) is 5. The lowest BCUT2D eigenvalue weighted by atomic mass is 10.1. The van der Waals surface area contributed by atoms with Crippen LogP contribution < -0.4 is 0 Å². The minimum absolute atomic E-state index is 0.00114. The van der Waals surface area contributed by atoms with Crippen molar-refractivity contribution < 1.29 is 4.92 Å². The molecule has 4 aromatic rings. The molecule has 27 heavy (non-hydrogen) atoms. The summed E-state index contributed by atoms with van der Waals surface area (Å²) < 4.78 is 1.87. The Morgan fingerprint density at radius 3 is 2.63 bits per heavy atom. The average Bonchev–Trinajstić information content (AvgIpc) is 3.09. The minimum Gasteiger partial charge on any atom is -0.298 e. The summed E-state index contributed by atoms with van der Waals surface area (Å²) >= 11 is 5.94. The molecule has 3 aromatic heterocycles. The van der Waals surface area contributed by atoms with E-state index in [1.165, 1.54) is 12.1 Å². The summed E-state index contributed by atoms with van der Waals surface area (Å²) in [5, 5.41) is 11.2. The molecule has 0 aliphatic rings. The molecule has 4 rings (SSSR count). The number of halogens is 1. The van der Waals surface area contributed by atoms with Gasteiger partial charge in [-0.15, -0.1) is 0 Å². The maximum Gasteiger partial charge on any atom is 0.270 e. The second kappa shape index (κ2) is 7.92. The molecule has 0 spiro atoms. The number of hydrogen-bond donors (Lipinski definition) is 0. The zero-order valence-corrected chi connectivity index (χ0v) is 15.5. The van der Waals surface area contributed by atoms with Crippen molar-refractivity contribution in [3.63, 3.8) is 0 Å². The molecule has 0 aliphatic heterocycles. The number of benzene rings is 1. The van der Waals surface area contributed by atoms with Gasteiger partial charge in [0.05, 0.1) is 22.0 Å². The highest BCUT2D eigenvalue weighted by molar-refractivity contribution is 6.28. The molecule has 0 fully saturated rings. The van der Waals surface area contributed by atoms with Gasteiger partial charge in [-0.2, -0.15) is 0 Å². The first kappa shape index (κ1) is 18.5. The van der Waals surface area contributed by atoms with E-state index in [0.717, 1.165) is 0 Å². The smallest absolute Gasteiger partial charge is 0.270 e. The van der Waals surface area contributed by atoms with Crippen LogP contribution in [0.15, 0.2) is 60.9 Å². The molecule has 0 bridgehead atoms. The Bertz CT molecular complexity index is 1110. The van der Waals surface area contributed by atoms with Crippen molar-refractivity contribution in [2.45, 2.75) is 13.8 Å². The van der Waals surface area contributed by atoms with Crippen LogP contribution in [0.1, 0.15) is 13.8 Å². The molecule has 0 saturated heterocycles. The van der Waals surface area contributed by atoms with Gasteiger partial charge in [0, 0.05) is 30.1 Å². The molecule has 3 heterocycles. The standard InChI is InChI=1S/C17H10ClN5O2.C2H6/c18-17-19-8-7-13(20-17)16-15(21-14-6-1-2-9-22(14)16)11-4-3-5-12(10-11)23(24)25;1-2/h1-10H;1-2H3.